The topological polar surface area (TPSA) is 115 Å². The Balaban J connectivity index is 1.64. The molecular formula is C30H29ClF2N8. The van der Waals surface area contributed by atoms with Crippen molar-refractivity contribution < 1.29 is 8.78 Å². The van der Waals surface area contributed by atoms with Gasteiger partial charge in [-0.25, -0.2) is 13.5 Å². The molecule has 0 aliphatic heterocycles. The zero-order chi connectivity index (χ0) is 29.5. The van der Waals surface area contributed by atoms with Crippen molar-refractivity contribution in [1.29, 1.82) is 10.5 Å². The molecule has 1 aliphatic carbocycles. The second-order valence-corrected chi connectivity index (χ2v) is 12.1. The molecule has 0 amide bonds. The molecule has 11 heteroatoms. The van der Waals surface area contributed by atoms with Crippen LogP contribution in [0.4, 0.5) is 20.2 Å². The third-order valence-electron chi connectivity index (χ3n) is 7.29. The summed E-state index contributed by atoms with van der Waals surface area (Å²) in [4.78, 5) is 4.60. The minimum absolute atomic E-state index is 0.0524. The Morgan fingerprint density at radius 3 is 2.51 bits per heavy atom. The van der Waals surface area contributed by atoms with Gasteiger partial charge in [0.1, 0.15) is 17.3 Å². The number of pyridine rings is 1. The Kier molecular flexibility index (Phi) is 7.31. The molecule has 4 aromatic rings. The van der Waals surface area contributed by atoms with E-state index in [9.17, 15) is 19.3 Å². The number of fused-ring (bicyclic) bond motifs is 1. The smallest absolute Gasteiger partial charge is 0.263 e. The molecule has 8 nitrogen and oxygen atoms in total. The van der Waals surface area contributed by atoms with Crippen molar-refractivity contribution in [2.45, 2.75) is 58.5 Å². The number of halogens is 3. The van der Waals surface area contributed by atoms with E-state index in [2.05, 4.69) is 58.8 Å². The summed E-state index contributed by atoms with van der Waals surface area (Å²) in [6.07, 6.45) is 1.17. The molecule has 2 aromatic carbocycles. The van der Waals surface area contributed by atoms with E-state index in [4.69, 9.17) is 11.6 Å². The molecule has 1 aliphatic rings. The second-order valence-electron chi connectivity index (χ2n) is 11.7. The first-order chi connectivity index (χ1) is 19.5. The molecule has 0 saturated heterocycles. The lowest BCUT2D eigenvalue weighted by Gasteiger charge is -2.23. The van der Waals surface area contributed by atoms with E-state index < -0.39 is 18.0 Å². The number of aryl methyl sites for hydroxylation is 1. The summed E-state index contributed by atoms with van der Waals surface area (Å²) in [6.45, 7) is 8.75. The first-order valence-corrected chi connectivity index (χ1v) is 13.6. The van der Waals surface area contributed by atoms with E-state index in [1.54, 1.807) is 30.5 Å². The molecular weight excluding hydrogens is 546 g/mol. The van der Waals surface area contributed by atoms with Crippen LogP contribution in [0.5, 0.6) is 0 Å². The van der Waals surface area contributed by atoms with Crippen molar-refractivity contribution >= 4 is 33.9 Å². The van der Waals surface area contributed by atoms with Crippen LogP contribution in [0, 0.1) is 35.0 Å². The van der Waals surface area contributed by atoms with Crippen LogP contribution in [-0.2, 0) is 5.54 Å². The molecule has 0 unspecified atom stereocenters. The second kappa shape index (κ2) is 10.6. The molecule has 0 spiro atoms. The summed E-state index contributed by atoms with van der Waals surface area (Å²) in [6, 6.07) is 12.5. The predicted octanol–water partition coefficient (Wildman–Crippen LogP) is 6.95. The molecule has 2 N–H and O–H groups in total. The molecule has 2 aromatic heterocycles. The van der Waals surface area contributed by atoms with Gasteiger partial charge in [0.05, 0.1) is 46.3 Å². The molecule has 5 rings (SSSR count). The maximum atomic E-state index is 13.9. The van der Waals surface area contributed by atoms with Crippen LogP contribution in [0.1, 0.15) is 67.6 Å². The summed E-state index contributed by atoms with van der Waals surface area (Å²) < 4.78 is 29.0. The van der Waals surface area contributed by atoms with Gasteiger partial charge >= 0.3 is 0 Å². The lowest BCUT2D eigenvalue weighted by molar-refractivity contribution is 0.0593. The zero-order valence-corrected chi connectivity index (χ0v) is 23.9. The van der Waals surface area contributed by atoms with Crippen LogP contribution in [0.2, 0.25) is 5.02 Å². The van der Waals surface area contributed by atoms with Gasteiger partial charge in [0.15, 0.2) is 0 Å². The highest BCUT2D eigenvalue weighted by atomic mass is 35.5. The highest BCUT2D eigenvalue weighted by Gasteiger charge is 2.54. The van der Waals surface area contributed by atoms with Gasteiger partial charge in [0.25, 0.3) is 6.43 Å². The largest absolute Gasteiger partial charge is 0.383 e. The zero-order valence-electron chi connectivity index (χ0n) is 23.1. The fraction of sp³-hybridized carbons (Fsp3) is 0.367. The van der Waals surface area contributed by atoms with Gasteiger partial charge in [-0.1, -0.05) is 43.7 Å². The maximum Gasteiger partial charge on any atom is 0.263 e. The van der Waals surface area contributed by atoms with Crippen molar-refractivity contribution in [3.8, 4) is 12.1 Å². The van der Waals surface area contributed by atoms with Crippen LogP contribution in [0.15, 0.2) is 42.7 Å². The first kappa shape index (κ1) is 28.3. The summed E-state index contributed by atoms with van der Waals surface area (Å²) in [7, 11) is 0. The van der Waals surface area contributed by atoms with E-state index in [0.717, 1.165) is 11.1 Å². The normalized spacial score (nSPS) is 14.9. The number of nitrogens with zero attached hydrogens (tertiary/aromatic N) is 6. The van der Waals surface area contributed by atoms with Crippen molar-refractivity contribution in [1.82, 2.24) is 20.0 Å². The summed E-state index contributed by atoms with van der Waals surface area (Å²) >= 11 is 6.60. The van der Waals surface area contributed by atoms with Gasteiger partial charge < -0.3 is 10.6 Å². The molecule has 210 valence electrons. The van der Waals surface area contributed by atoms with E-state index in [-0.39, 0.29) is 5.41 Å². The number of rotatable bonds is 8. The highest BCUT2D eigenvalue weighted by molar-refractivity contribution is 6.32. The summed E-state index contributed by atoms with van der Waals surface area (Å²) in [5, 5.41) is 35.6. The number of aromatic nitrogens is 4. The molecule has 0 radical (unpaired) electrons. The Labute approximate surface area is 241 Å². The monoisotopic (exact) mass is 574 g/mol. The standard InChI is InChI=1S/C30H29ClF2N8/c1-17-9-18(12-34)5-6-21(17)27(24-15-41(40-39-24)30(7-8-30)28(32)33)38-23-11-20(31)10-22-25(37-16-29(2,3)4)19(13-35)14-36-26(22)23/h5-6,9-11,14-15,27-28,38H,7-8,16H2,1-4H3,(H,36,37)/t27-/m0/s1. The summed E-state index contributed by atoms with van der Waals surface area (Å²) in [5.41, 5.74) is 3.28. The SMILES string of the molecule is Cc1cc(C#N)ccc1[C@H](Nc1cc(Cl)cc2c(NCC(C)(C)C)c(C#N)cnc12)c1cn(C2(C(F)F)CC2)nn1. The van der Waals surface area contributed by atoms with Gasteiger partial charge in [0.2, 0.25) is 0 Å². The molecule has 1 fully saturated rings. The molecule has 1 atom stereocenters. The lowest BCUT2D eigenvalue weighted by Crippen LogP contribution is -2.26. The molecule has 2 heterocycles. The van der Waals surface area contributed by atoms with E-state index in [1.165, 1.54) is 10.9 Å². The van der Waals surface area contributed by atoms with Crippen molar-refractivity contribution in [2.75, 3.05) is 17.2 Å². The van der Waals surface area contributed by atoms with Crippen molar-refractivity contribution in [2.24, 2.45) is 5.41 Å². The van der Waals surface area contributed by atoms with Crippen LogP contribution < -0.4 is 10.6 Å². The van der Waals surface area contributed by atoms with Gasteiger partial charge in [-0.2, -0.15) is 10.5 Å². The third-order valence-corrected chi connectivity index (χ3v) is 7.51. The highest BCUT2D eigenvalue weighted by Crippen LogP contribution is 2.48. The fourth-order valence-corrected chi connectivity index (χ4v) is 5.06. The molecule has 41 heavy (non-hydrogen) atoms. The fourth-order valence-electron chi connectivity index (χ4n) is 4.84. The van der Waals surface area contributed by atoms with Gasteiger partial charge in [-0.15, -0.1) is 5.10 Å². The van der Waals surface area contributed by atoms with Gasteiger partial charge in [-0.3, -0.25) is 4.98 Å². The quantitative estimate of drug-likeness (QED) is 0.234. The first-order valence-electron chi connectivity index (χ1n) is 13.2. The van der Waals surface area contributed by atoms with Crippen LogP contribution in [0.25, 0.3) is 10.9 Å². The maximum absolute atomic E-state index is 13.9. The number of benzene rings is 2. The number of nitrogens with one attached hydrogen (secondary N) is 2. The van der Waals surface area contributed by atoms with Crippen LogP contribution in [0.3, 0.4) is 0 Å². The number of hydrogen-bond acceptors (Lipinski definition) is 7. The van der Waals surface area contributed by atoms with E-state index in [0.29, 0.717) is 63.5 Å². The van der Waals surface area contributed by atoms with Crippen molar-refractivity contribution in [3.05, 3.63) is 75.7 Å². The number of alkyl halides is 2. The minimum atomic E-state index is -2.56. The van der Waals surface area contributed by atoms with Gasteiger partial charge in [-0.05, 0) is 60.6 Å². The lowest BCUT2D eigenvalue weighted by atomic mass is 9.96. The Morgan fingerprint density at radius 2 is 1.90 bits per heavy atom. The predicted molar refractivity (Wildman–Crippen MR) is 154 cm³/mol. The Hall–Kier alpha value is -4.28. The van der Waals surface area contributed by atoms with Crippen molar-refractivity contribution in [3.63, 3.8) is 0 Å². The third kappa shape index (κ3) is 5.53. The number of hydrogen-bond donors (Lipinski definition) is 2. The van der Waals surface area contributed by atoms with Crippen LogP contribution >= 0.6 is 11.6 Å². The van der Waals surface area contributed by atoms with E-state index >= 15 is 0 Å². The molecule has 0 bridgehead atoms. The number of nitriles is 2. The average Bonchev–Trinajstić information content (AvgIpc) is 3.60. The number of anilines is 2. The Bertz CT molecular complexity index is 1710. The van der Waals surface area contributed by atoms with Crippen LogP contribution in [-0.4, -0.2) is 32.9 Å². The van der Waals surface area contributed by atoms with E-state index in [1.807, 2.05) is 13.0 Å². The average molecular weight is 575 g/mol. The van der Waals surface area contributed by atoms with Gasteiger partial charge in [0, 0.05) is 23.2 Å². The summed E-state index contributed by atoms with van der Waals surface area (Å²) in [5.74, 6) is 0. The Morgan fingerprint density at radius 1 is 1.15 bits per heavy atom. The minimum Gasteiger partial charge on any atom is -0.383 e. The molecule has 1 saturated carbocycles.